The van der Waals surface area contributed by atoms with Crippen LogP contribution in [0.25, 0.3) is 63.9 Å². The summed E-state index contributed by atoms with van der Waals surface area (Å²) < 4.78 is 20.7. The lowest BCUT2D eigenvalue weighted by atomic mass is 9.73. The molecule has 7 heterocycles. The molecule has 0 radical (unpaired) electrons. The molecular formula is C98H77BrN12O9. The molecule has 0 amide bonds. The first-order valence-electron chi connectivity index (χ1n) is 39.0. The Bertz CT molecular complexity index is 6410. The molecule has 19 rings (SSSR count). The fraction of sp³-hybridized carbons (Fsp3) is 0.194. The van der Waals surface area contributed by atoms with Gasteiger partial charge in [0.25, 0.3) is 0 Å². The number of hydrogen-bond acceptors (Lipinski definition) is 17. The maximum absolute atomic E-state index is 13.1. The molecule has 0 fully saturated rings. The molecule has 3 aromatic heterocycles. The van der Waals surface area contributed by atoms with Gasteiger partial charge in [-0.05, 0) is 225 Å². The molecule has 12 aromatic rings. The number of ether oxygens (including phenoxy) is 3. The number of fused-ring (bicyclic) bond motifs is 10. The molecule has 7 aliphatic rings. The molecule has 0 bridgehead atoms. The van der Waals surface area contributed by atoms with Crippen LogP contribution in [0.2, 0.25) is 0 Å². The van der Waals surface area contributed by atoms with E-state index in [1.54, 1.807) is 73.9 Å². The molecule has 4 spiro atoms. The van der Waals surface area contributed by atoms with E-state index in [1.807, 2.05) is 158 Å². The Morgan fingerprint density at radius 1 is 0.492 bits per heavy atom. The molecule has 9 aromatic carbocycles. The summed E-state index contributed by atoms with van der Waals surface area (Å²) in [5, 5.41) is 29.6. The molecular weight excluding hydrogens is 1570 g/mol. The summed E-state index contributed by atoms with van der Waals surface area (Å²) in [5.74, 6) is 2.22. The van der Waals surface area contributed by atoms with Crippen LogP contribution in [0, 0.1) is 37.7 Å². The Hall–Kier alpha value is -14.7. The van der Waals surface area contributed by atoms with Crippen molar-refractivity contribution in [3.05, 3.63) is 355 Å². The van der Waals surface area contributed by atoms with Gasteiger partial charge < -0.3 is 30.2 Å². The van der Waals surface area contributed by atoms with Crippen molar-refractivity contribution < 1.29 is 43.6 Å². The number of carbonyl (C=O) groups is 3. The third-order valence-electron chi connectivity index (χ3n) is 22.5. The average Bonchev–Trinajstić information content (AvgIpc) is 1.40. The van der Waals surface area contributed by atoms with Crippen LogP contribution in [0.1, 0.15) is 148 Å². The highest BCUT2D eigenvalue weighted by Gasteiger charge is 2.57. The highest BCUT2D eigenvalue weighted by atomic mass is 79.9. The maximum atomic E-state index is 13.1. The van der Waals surface area contributed by atoms with Crippen LogP contribution < -0.4 is 19.9 Å². The lowest BCUT2D eigenvalue weighted by Gasteiger charge is -2.47. The van der Waals surface area contributed by atoms with E-state index in [-0.39, 0.29) is 28.8 Å². The molecule has 0 saturated heterocycles. The van der Waals surface area contributed by atoms with Crippen LogP contribution in [0.3, 0.4) is 0 Å². The largest absolute Gasteiger partial charge is 0.507 e. The van der Waals surface area contributed by atoms with Gasteiger partial charge in [0.05, 0.1) is 60.7 Å². The fourth-order valence-corrected chi connectivity index (χ4v) is 17.2. The first-order valence-corrected chi connectivity index (χ1v) is 39.8. The molecule has 4 aliphatic heterocycles. The quantitative estimate of drug-likeness (QED) is 0.0794. The standard InChI is InChI=1S/C26H23N5O2.C25H18N4O.C24H18N2O2.C15H11NO2.C8H7BrO2/c1-28-19-7-3-6-17(14-19)18-10-11-23-21(15-18)26(30-24(27)31(2)33-26)16-25(32-23)12-4-9-22-20(25)8-5-13-29-22;1-27-19-6-2-5-17(13-19)18-9-10-24-20(14-18)23(29-16-26)15-25(30-24)11-3-8-22-21(25)7-4-12-28-22;1-25-18-6-2-5-16(13-18)17-9-10-23-19(14-17)22(27)15-24(28-23)11-3-8-21-20(24)7-4-12-26-21;1-10(17)14-9-12(6-7-15(14)18)11-4-3-5-13(8-11)16-2;1-5(10)7-4-6(9)2-3-8(7)11/h3,5-8,10-11,13-15H,4,9,12,16H2,2H3,(H2,27,30);2,4-7,9-10,12-14H,3,8,11,15H2;2,4-7,9-10,12-14H,3,8,11,15H2;3-9,18H,1H3;2-4,11H,1H3. The summed E-state index contributed by atoms with van der Waals surface area (Å²) in [5.41, 5.74) is 23.3. The van der Waals surface area contributed by atoms with Gasteiger partial charge in [-0.3, -0.25) is 29.3 Å². The van der Waals surface area contributed by atoms with Crippen LogP contribution in [0.4, 0.5) is 22.7 Å². The van der Waals surface area contributed by atoms with E-state index in [9.17, 15) is 24.8 Å². The molecule has 4 N–H and O–H groups in total. The number of hydroxylamine groups is 2. The minimum Gasteiger partial charge on any atom is -0.507 e. The SMILES string of the molecule is CC(=O)c1cc(Br)ccc1O.[C-]#[N+]c1cccc(-c2ccc(O)c(C(C)=O)c2)c1.[C-]#[N+]c1cccc(-c2ccc3c(c2)C(=NC#N)CC2(CCCc4ncccc42)O3)c1.[C-]#[N+]c1cccc(-c2ccc3c(c2)C(=O)CC2(CCCc4ncccc42)O3)c1.[C-]#[N+]c1cccc(-c2ccc3c(c2)C2(CC4(CCCc5ncccc54)O3)N=C(N)N(C)O2)c1. The van der Waals surface area contributed by atoms with Crippen molar-refractivity contribution in [3.63, 3.8) is 0 Å². The second-order valence-electron chi connectivity index (χ2n) is 30.1. The van der Waals surface area contributed by atoms with Crippen molar-refractivity contribution in [2.24, 2.45) is 15.7 Å². The third-order valence-corrected chi connectivity index (χ3v) is 23.0. The van der Waals surface area contributed by atoms with E-state index >= 15 is 0 Å². The van der Waals surface area contributed by atoms with Gasteiger partial charge in [0.1, 0.15) is 45.6 Å². The number of nitrogens with zero attached hydrogens (tertiary/aromatic N) is 11. The van der Waals surface area contributed by atoms with E-state index in [0.29, 0.717) is 70.4 Å². The zero-order chi connectivity index (χ0) is 83.9. The average molecular weight is 1650 g/mol. The number of Topliss-reactive ketones (excluding diaryl/α,β-unsaturated/α-hetero) is 3. The zero-order valence-corrected chi connectivity index (χ0v) is 67.3. The van der Waals surface area contributed by atoms with Crippen LogP contribution in [-0.2, 0) is 46.6 Å². The molecule has 590 valence electrons. The Labute approximate surface area is 702 Å². The summed E-state index contributed by atoms with van der Waals surface area (Å²) >= 11 is 3.20. The number of nitriles is 1. The van der Waals surface area contributed by atoms with Gasteiger partial charge >= 0.3 is 0 Å². The first kappa shape index (κ1) is 80.5. The number of aliphatic imine (C=N–C) groups is 2. The van der Waals surface area contributed by atoms with Gasteiger partial charge in [0.2, 0.25) is 17.9 Å². The lowest BCUT2D eigenvalue weighted by Crippen LogP contribution is -2.48. The summed E-state index contributed by atoms with van der Waals surface area (Å²) in [6, 6.07) is 69.1. The molecule has 120 heavy (non-hydrogen) atoms. The number of phenolic OH excluding ortho intramolecular Hbond substituents is 2. The lowest BCUT2D eigenvalue weighted by molar-refractivity contribution is -0.207. The Kier molecular flexibility index (Phi) is 22.9. The van der Waals surface area contributed by atoms with Crippen molar-refractivity contribution in [1.29, 1.82) is 5.26 Å². The third kappa shape index (κ3) is 16.4. The normalized spacial score (nSPS) is 19.1. The number of nitrogens with two attached hydrogens (primary N) is 1. The number of aromatic nitrogens is 3. The van der Waals surface area contributed by atoms with Crippen molar-refractivity contribution in [1.82, 2.24) is 20.0 Å². The number of pyridine rings is 3. The predicted molar refractivity (Wildman–Crippen MR) is 461 cm³/mol. The number of aromatic hydroxyl groups is 2. The van der Waals surface area contributed by atoms with Crippen molar-refractivity contribution in [3.8, 4) is 79.4 Å². The number of carbonyl (C=O) groups excluding carboxylic acids is 3. The zero-order valence-electron chi connectivity index (χ0n) is 65.7. The number of aryl methyl sites for hydroxylation is 3. The van der Waals surface area contributed by atoms with E-state index < -0.39 is 22.5 Å². The minimum atomic E-state index is -0.996. The summed E-state index contributed by atoms with van der Waals surface area (Å²) in [6.45, 7) is 31.6. The van der Waals surface area contributed by atoms with Crippen LogP contribution in [0.5, 0.6) is 28.7 Å². The highest BCUT2D eigenvalue weighted by Crippen LogP contribution is 2.57. The van der Waals surface area contributed by atoms with Gasteiger partial charge in [-0.25, -0.2) is 34.3 Å². The van der Waals surface area contributed by atoms with Crippen molar-refractivity contribution >= 4 is 67.7 Å². The minimum absolute atomic E-state index is 0.0208. The highest BCUT2D eigenvalue weighted by molar-refractivity contribution is 9.10. The number of ketones is 3. The molecule has 22 heteroatoms. The monoisotopic (exact) mass is 1640 g/mol. The Morgan fingerprint density at radius 2 is 0.892 bits per heavy atom. The van der Waals surface area contributed by atoms with E-state index in [1.165, 1.54) is 31.0 Å². The fourth-order valence-electron chi connectivity index (χ4n) is 16.8. The molecule has 3 aliphatic carbocycles. The number of hydrogen-bond donors (Lipinski definition) is 3. The molecule has 4 unspecified atom stereocenters. The van der Waals surface area contributed by atoms with Gasteiger partial charge in [0.15, 0.2) is 40.1 Å². The number of rotatable bonds is 6. The number of benzene rings is 9. The van der Waals surface area contributed by atoms with Gasteiger partial charge in [-0.1, -0.05) is 131 Å². The number of phenols is 2. The Balaban J connectivity index is 0.000000121. The van der Waals surface area contributed by atoms with Gasteiger partial charge in [0, 0.05) is 82.3 Å². The van der Waals surface area contributed by atoms with Crippen molar-refractivity contribution in [2.75, 3.05) is 7.05 Å². The van der Waals surface area contributed by atoms with E-state index in [0.717, 1.165) is 169 Å². The second kappa shape index (κ2) is 34.2. The summed E-state index contributed by atoms with van der Waals surface area (Å²) in [7, 11) is 1.77. The summed E-state index contributed by atoms with van der Waals surface area (Å²) in [4.78, 5) is 78.3. The molecule has 21 nitrogen and oxygen atoms in total. The van der Waals surface area contributed by atoms with E-state index in [4.69, 9.17) is 61.2 Å². The number of halogens is 1. The molecule has 4 atom stereocenters. The van der Waals surface area contributed by atoms with Crippen molar-refractivity contribution in [2.45, 2.75) is 113 Å². The van der Waals surface area contributed by atoms with Crippen LogP contribution >= 0.6 is 15.9 Å². The first-order chi connectivity index (χ1) is 58.1. The predicted octanol–water partition coefficient (Wildman–Crippen LogP) is 21.9. The smallest absolute Gasteiger partial charge is 0.222 e. The maximum Gasteiger partial charge on any atom is 0.222 e. The van der Waals surface area contributed by atoms with Crippen LogP contribution in [-0.4, -0.2) is 66.3 Å². The molecule has 0 saturated carbocycles. The van der Waals surface area contributed by atoms with E-state index in [2.05, 4.69) is 67.4 Å². The van der Waals surface area contributed by atoms with Crippen LogP contribution in [0.15, 0.2) is 258 Å². The summed E-state index contributed by atoms with van der Waals surface area (Å²) in [6.07, 6.45) is 17.1. The number of guanidine groups is 1. The topological polar surface area (TPSA) is 262 Å². The Morgan fingerprint density at radius 3 is 1.35 bits per heavy atom. The second-order valence-corrected chi connectivity index (χ2v) is 31.0. The van der Waals surface area contributed by atoms with Gasteiger partial charge in [-0.15, -0.1) is 0 Å². The van der Waals surface area contributed by atoms with Gasteiger partial charge in [-0.2, -0.15) is 10.3 Å².